The minimum atomic E-state index is -1.05. The molecule has 6 heteroatoms. The summed E-state index contributed by atoms with van der Waals surface area (Å²) in [6.07, 6.45) is 15.1. The third-order valence-electron chi connectivity index (χ3n) is 12.3. The molecule has 0 radical (unpaired) electrons. The van der Waals surface area contributed by atoms with Gasteiger partial charge in [0.05, 0.1) is 11.0 Å². The Hall–Kier alpha value is -3.15. The average molecular weight is 569 g/mol. The third-order valence-corrected chi connectivity index (χ3v) is 12.3. The number of fused-ring (bicyclic) bond motifs is 6. The highest BCUT2D eigenvalue weighted by Crippen LogP contribution is 2.84. The van der Waals surface area contributed by atoms with Gasteiger partial charge in [-0.05, 0) is 68.6 Å². The molecule has 2 spiro atoms. The van der Waals surface area contributed by atoms with Crippen LogP contribution in [0, 0.1) is 34.5 Å². The molecule has 7 aliphatic rings. The van der Waals surface area contributed by atoms with Gasteiger partial charge in [-0.1, -0.05) is 70.4 Å². The quantitative estimate of drug-likeness (QED) is 0.207. The summed E-state index contributed by atoms with van der Waals surface area (Å²) in [5, 5.41) is 0. The SMILES string of the molecule is CCC/C=C1\OC(=O)[C@]23C=CCC[C@]12[C@@H](CCC)[C@@]31OC(=O)C2=C1CC[C@H]1[C@@H](CCC)[C@@]3(OC(=O)c4ccccc43)[C@@H]21. The van der Waals surface area contributed by atoms with E-state index in [0.717, 1.165) is 81.1 Å². The van der Waals surface area contributed by atoms with Gasteiger partial charge in [-0.15, -0.1) is 0 Å². The van der Waals surface area contributed by atoms with E-state index in [1.807, 2.05) is 24.3 Å². The van der Waals surface area contributed by atoms with Crippen LogP contribution in [0.2, 0.25) is 0 Å². The van der Waals surface area contributed by atoms with Gasteiger partial charge in [0.1, 0.15) is 16.8 Å². The van der Waals surface area contributed by atoms with Crippen LogP contribution in [0.25, 0.3) is 0 Å². The van der Waals surface area contributed by atoms with Crippen molar-refractivity contribution in [3.8, 4) is 0 Å². The fourth-order valence-corrected chi connectivity index (χ4v) is 11.2. The molecule has 42 heavy (non-hydrogen) atoms. The molecule has 0 unspecified atom stereocenters. The van der Waals surface area contributed by atoms with Crippen LogP contribution in [0.4, 0.5) is 0 Å². The number of allylic oxidation sites excluding steroid dienone is 3. The van der Waals surface area contributed by atoms with Crippen molar-refractivity contribution in [1.82, 2.24) is 0 Å². The van der Waals surface area contributed by atoms with Crippen LogP contribution in [-0.4, -0.2) is 23.5 Å². The molecule has 3 heterocycles. The molecule has 0 aromatic heterocycles. The molecule has 6 nitrogen and oxygen atoms in total. The van der Waals surface area contributed by atoms with E-state index in [1.165, 1.54) is 0 Å². The van der Waals surface area contributed by atoms with E-state index in [0.29, 0.717) is 11.1 Å². The fourth-order valence-electron chi connectivity index (χ4n) is 11.2. The lowest BCUT2D eigenvalue weighted by Crippen LogP contribution is -2.78. The topological polar surface area (TPSA) is 78.9 Å². The maximum atomic E-state index is 14.4. The number of benzene rings is 1. The Kier molecular flexibility index (Phi) is 5.49. The number of rotatable bonds is 6. The molecular weight excluding hydrogens is 528 g/mol. The number of cyclic esters (lactones) is 1. The first-order valence-corrected chi connectivity index (χ1v) is 16.3. The number of hydrogen-bond acceptors (Lipinski definition) is 6. The van der Waals surface area contributed by atoms with Gasteiger partial charge in [0, 0.05) is 28.9 Å². The van der Waals surface area contributed by atoms with Gasteiger partial charge in [-0.3, -0.25) is 4.79 Å². The van der Waals surface area contributed by atoms with E-state index in [-0.39, 0.29) is 41.6 Å². The number of unbranched alkanes of at least 4 members (excludes halogenated alkanes) is 1. The van der Waals surface area contributed by atoms with Crippen molar-refractivity contribution in [2.24, 2.45) is 34.5 Å². The van der Waals surface area contributed by atoms with E-state index in [4.69, 9.17) is 14.2 Å². The maximum Gasteiger partial charge on any atom is 0.339 e. The van der Waals surface area contributed by atoms with Crippen molar-refractivity contribution in [1.29, 1.82) is 0 Å². The monoisotopic (exact) mass is 568 g/mol. The Morgan fingerprint density at radius 2 is 1.79 bits per heavy atom. The van der Waals surface area contributed by atoms with E-state index in [9.17, 15) is 14.4 Å². The Balaban J connectivity index is 1.34. The van der Waals surface area contributed by atoms with Crippen LogP contribution in [0.3, 0.4) is 0 Å². The second kappa shape index (κ2) is 8.70. The van der Waals surface area contributed by atoms with Gasteiger partial charge < -0.3 is 14.2 Å². The van der Waals surface area contributed by atoms with Crippen LogP contribution in [-0.2, 0) is 29.4 Å². The Morgan fingerprint density at radius 1 is 0.976 bits per heavy atom. The minimum Gasteiger partial charge on any atom is -0.450 e. The second-order valence-electron chi connectivity index (χ2n) is 13.6. The number of carbonyl (C=O) groups is 3. The number of hydrogen-bond donors (Lipinski definition) is 0. The first kappa shape index (κ1) is 26.5. The average Bonchev–Trinajstić information content (AvgIpc) is 3.57. The third kappa shape index (κ3) is 2.57. The van der Waals surface area contributed by atoms with Crippen molar-refractivity contribution in [3.05, 3.63) is 70.5 Å². The lowest BCUT2D eigenvalue weighted by molar-refractivity contribution is -0.252. The standard InChI is InChI=1S/C36H40O6/c1-4-7-16-27-33-19-10-11-20-34(33,32(39)40-27)36(26(33)13-6-3)25-18-17-21-23(12-5-2)35(29(21)28(25)31(38)42-36)24-15-9-8-14-22(24)30(37)41-35/h8-9,11,14-16,20-21,23,26,29H,4-7,10,12-13,17-19H2,1-3H3/b27-16-/t21-,23+,26+,29+,33-,34+,35-,36+/m0/s1. The molecule has 3 aliphatic heterocycles. The summed E-state index contributed by atoms with van der Waals surface area (Å²) in [6.45, 7) is 6.47. The van der Waals surface area contributed by atoms with Gasteiger partial charge in [0.25, 0.3) is 0 Å². The Bertz CT molecular complexity index is 1520. The zero-order valence-corrected chi connectivity index (χ0v) is 24.9. The molecule has 0 amide bonds. The predicted molar refractivity (Wildman–Crippen MR) is 155 cm³/mol. The van der Waals surface area contributed by atoms with Crippen LogP contribution in [0.1, 0.15) is 101 Å². The molecular formula is C36H40O6. The smallest absolute Gasteiger partial charge is 0.339 e. The molecule has 1 aromatic rings. The molecule has 4 aliphatic carbocycles. The maximum absolute atomic E-state index is 14.4. The molecule has 220 valence electrons. The van der Waals surface area contributed by atoms with Gasteiger partial charge in [0.2, 0.25) is 0 Å². The molecule has 1 aromatic carbocycles. The molecule has 0 bridgehead atoms. The lowest BCUT2D eigenvalue weighted by Gasteiger charge is -2.69. The highest BCUT2D eigenvalue weighted by atomic mass is 16.6. The molecule has 1 saturated heterocycles. The van der Waals surface area contributed by atoms with Crippen molar-refractivity contribution < 1.29 is 28.6 Å². The van der Waals surface area contributed by atoms with Gasteiger partial charge in [-0.25, -0.2) is 9.59 Å². The summed E-state index contributed by atoms with van der Waals surface area (Å²) >= 11 is 0. The lowest BCUT2D eigenvalue weighted by atomic mass is 9.31. The first-order chi connectivity index (χ1) is 20.4. The van der Waals surface area contributed by atoms with Gasteiger partial charge >= 0.3 is 17.9 Å². The predicted octanol–water partition coefficient (Wildman–Crippen LogP) is 7.09. The molecule has 8 atom stereocenters. The zero-order chi connectivity index (χ0) is 29.1. The minimum absolute atomic E-state index is 0.0385. The van der Waals surface area contributed by atoms with Crippen molar-refractivity contribution in [3.63, 3.8) is 0 Å². The van der Waals surface area contributed by atoms with Crippen LogP contribution < -0.4 is 0 Å². The largest absolute Gasteiger partial charge is 0.450 e. The molecule has 2 saturated carbocycles. The highest BCUT2D eigenvalue weighted by Gasteiger charge is 2.91. The van der Waals surface area contributed by atoms with E-state index < -0.39 is 22.0 Å². The van der Waals surface area contributed by atoms with Gasteiger partial charge in [0.15, 0.2) is 5.60 Å². The molecule has 0 N–H and O–H groups in total. The van der Waals surface area contributed by atoms with Crippen LogP contribution in [0.5, 0.6) is 0 Å². The van der Waals surface area contributed by atoms with E-state index in [2.05, 4.69) is 39.0 Å². The van der Waals surface area contributed by atoms with Crippen molar-refractivity contribution >= 4 is 17.9 Å². The second-order valence-corrected chi connectivity index (χ2v) is 13.6. The number of esters is 3. The number of ether oxygens (including phenoxy) is 3. The van der Waals surface area contributed by atoms with Crippen LogP contribution in [0.15, 0.2) is 59.4 Å². The fraction of sp³-hybridized carbons (Fsp3) is 0.583. The number of carbonyl (C=O) groups excluding carboxylic acids is 3. The summed E-state index contributed by atoms with van der Waals surface area (Å²) < 4.78 is 19.3. The molecule has 8 rings (SSSR count). The van der Waals surface area contributed by atoms with Crippen molar-refractivity contribution in [2.75, 3.05) is 0 Å². The van der Waals surface area contributed by atoms with E-state index >= 15 is 0 Å². The first-order valence-electron chi connectivity index (χ1n) is 16.3. The normalized spacial score (nSPS) is 42.8. The summed E-state index contributed by atoms with van der Waals surface area (Å²) in [5.41, 5.74) is -0.247. The summed E-state index contributed by atoms with van der Waals surface area (Å²) in [5.74, 6) is -0.0204. The van der Waals surface area contributed by atoms with Crippen molar-refractivity contribution in [2.45, 2.75) is 96.2 Å². The summed E-state index contributed by atoms with van der Waals surface area (Å²) in [4.78, 5) is 41.8. The Morgan fingerprint density at radius 3 is 2.57 bits per heavy atom. The summed E-state index contributed by atoms with van der Waals surface area (Å²) in [6, 6.07) is 7.70. The summed E-state index contributed by atoms with van der Waals surface area (Å²) in [7, 11) is 0. The Labute approximate surface area is 247 Å². The van der Waals surface area contributed by atoms with Gasteiger partial charge in [-0.2, -0.15) is 0 Å². The highest BCUT2D eigenvalue weighted by molar-refractivity contribution is 6.01. The van der Waals surface area contributed by atoms with Crippen LogP contribution >= 0.6 is 0 Å². The van der Waals surface area contributed by atoms with E-state index in [1.54, 1.807) is 0 Å². The zero-order valence-electron chi connectivity index (χ0n) is 24.9. The molecule has 3 fully saturated rings.